The number of ether oxygens (including phenoxy) is 2. The number of anilines is 6. The van der Waals surface area contributed by atoms with Crippen LogP contribution in [0, 0.1) is 0 Å². The molecule has 0 bridgehead atoms. The van der Waals surface area contributed by atoms with Crippen LogP contribution in [0.3, 0.4) is 0 Å². The minimum absolute atomic E-state index is 0.0508. The van der Waals surface area contributed by atoms with Gasteiger partial charge in [0, 0.05) is 28.7 Å². The topological polar surface area (TPSA) is 37.8 Å². The van der Waals surface area contributed by atoms with E-state index in [0.717, 1.165) is 79.5 Å². The summed E-state index contributed by atoms with van der Waals surface area (Å²) in [6, 6.07) is 42.8. The fraction of sp³-hybridized carbons (Fsp3) is 0.281. The van der Waals surface area contributed by atoms with E-state index < -0.39 is 0 Å². The van der Waals surface area contributed by atoms with E-state index in [4.69, 9.17) is 14.5 Å². The Balaban J connectivity index is 1.26. The second-order valence-electron chi connectivity index (χ2n) is 22.2. The smallest absolute Gasteiger partial charge is 0.252 e. The van der Waals surface area contributed by atoms with Gasteiger partial charge in [-0.25, -0.2) is 0 Å². The van der Waals surface area contributed by atoms with Crippen molar-refractivity contribution in [2.75, 3.05) is 9.80 Å². The number of rotatable bonds is 2. The largest absolute Gasteiger partial charge is 0.453 e. The minimum atomic E-state index is -0.126. The van der Waals surface area contributed by atoms with Gasteiger partial charge in [0.25, 0.3) is 6.71 Å². The van der Waals surface area contributed by atoms with Crippen LogP contribution < -0.4 is 35.7 Å². The van der Waals surface area contributed by atoms with Crippen LogP contribution in [-0.4, -0.2) is 11.7 Å². The van der Waals surface area contributed by atoms with Crippen molar-refractivity contribution in [3.05, 3.63) is 144 Å². The van der Waals surface area contributed by atoms with E-state index in [0.29, 0.717) is 0 Å². The minimum Gasteiger partial charge on any atom is -0.453 e. The number of benzene rings is 6. The van der Waals surface area contributed by atoms with Gasteiger partial charge in [0.15, 0.2) is 23.0 Å². The predicted octanol–water partition coefficient (Wildman–Crippen LogP) is 13.9. The normalized spacial score (nSPS) is 14.5. The molecule has 0 fully saturated rings. The summed E-state index contributed by atoms with van der Waals surface area (Å²) >= 11 is 0. The molecular formula is C57H56BN3O2. The van der Waals surface area contributed by atoms with Crippen molar-refractivity contribution < 1.29 is 9.47 Å². The molecule has 6 aromatic carbocycles. The van der Waals surface area contributed by atoms with Gasteiger partial charge >= 0.3 is 0 Å². The molecule has 63 heavy (non-hydrogen) atoms. The quantitative estimate of drug-likeness (QED) is 0.162. The van der Waals surface area contributed by atoms with E-state index in [1.165, 1.54) is 38.6 Å². The summed E-state index contributed by atoms with van der Waals surface area (Å²) in [6.07, 6.45) is 2.04. The zero-order valence-corrected chi connectivity index (χ0v) is 38.8. The van der Waals surface area contributed by atoms with E-state index in [-0.39, 0.29) is 28.4 Å². The summed E-state index contributed by atoms with van der Waals surface area (Å²) < 4.78 is 14.3. The van der Waals surface area contributed by atoms with Crippen LogP contribution in [0.4, 0.5) is 34.1 Å². The van der Waals surface area contributed by atoms with Gasteiger partial charge in [0.1, 0.15) is 0 Å². The molecule has 4 aliphatic heterocycles. The Labute approximate surface area is 373 Å². The third-order valence-corrected chi connectivity index (χ3v) is 13.7. The van der Waals surface area contributed by atoms with Gasteiger partial charge in [-0.3, -0.25) is 4.98 Å². The molecule has 314 valence electrons. The highest BCUT2D eigenvalue weighted by atomic mass is 16.5. The molecule has 11 rings (SSSR count). The van der Waals surface area contributed by atoms with E-state index in [1.807, 2.05) is 12.3 Å². The molecule has 4 aliphatic rings. The second-order valence-corrected chi connectivity index (χ2v) is 22.2. The number of hydrogen-bond donors (Lipinski definition) is 0. The van der Waals surface area contributed by atoms with Crippen LogP contribution in [0.5, 0.6) is 23.0 Å². The number of pyridine rings is 1. The Hall–Kier alpha value is -6.27. The molecule has 5 heterocycles. The lowest BCUT2D eigenvalue weighted by molar-refractivity contribution is 0.469. The first-order chi connectivity index (χ1) is 29.7. The van der Waals surface area contributed by atoms with Crippen LogP contribution in [-0.2, 0) is 21.7 Å². The molecule has 0 aliphatic carbocycles. The van der Waals surface area contributed by atoms with Gasteiger partial charge in [0.05, 0.1) is 28.4 Å². The molecular weight excluding hydrogens is 769 g/mol. The lowest BCUT2D eigenvalue weighted by Crippen LogP contribution is -2.62. The van der Waals surface area contributed by atoms with Crippen molar-refractivity contribution in [1.29, 1.82) is 0 Å². The van der Waals surface area contributed by atoms with Gasteiger partial charge in [-0.05, 0) is 120 Å². The highest BCUT2D eigenvalue weighted by Crippen LogP contribution is 2.58. The average molecular weight is 826 g/mol. The van der Waals surface area contributed by atoms with Crippen molar-refractivity contribution in [3.8, 4) is 45.4 Å². The van der Waals surface area contributed by atoms with Gasteiger partial charge < -0.3 is 19.3 Å². The highest BCUT2D eigenvalue weighted by molar-refractivity contribution is 7.00. The van der Waals surface area contributed by atoms with E-state index in [2.05, 4.69) is 202 Å². The maximum atomic E-state index is 7.16. The molecule has 0 unspecified atom stereocenters. The Morgan fingerprint density at radius 3 is 1.30 bits per heavy atom. The average Bonchev–Trinajstić information content (AvgIpc) is 3.23. The SMILES string of the molecule is CC(C)(C)c1ccc2c(c1)Oc1cc(C(C)(C)C)cc3c1N2c1cc(-c2ccc(-c4ccccc4)nc2)cc2c1B3c1cc(C(C)(C)C)cc3c1N2c1ccc(C(C)(C)C)cc1O3. The molecule has 0 N–H and O–H groups in total. The Morgan fingerprint density at radius 1 is 0.413 bits per heavy atom. The lowest BCUT2D eigenvalue weighted by atomic mass is 9.33. The number of aromatic nitrogens is 1. The van der Waals surface area contributed by atoms with Crippen molar-refractivity contribution in [1.82, 2.24) is 4.98 Å². The van der Waals surface area contributed by atoms with Crippen LogP contribution in [0.25, 0.3) is 22.4 Å². The molecule has 0 radical (unpaired) electrons. The zero-order valence-electron chi connectivity index (χ0n) is 38.8. The first-order valence-corrected chi connectivity index (χ1v) is 22.6. The molecule has 0 saturated carbocycles. The van der Waals surface area contributed by atoms with Gasteiger partial charge in [0.2, 0.25) is 0 Å². The predicted molar refractivity (Wildman–Crippen MR) is 264 cm³/mol. The van der Waals surface area contributed by atoms with Crippen molar-refractivity contribution in [2.45, 2.75) is 105 Å². The summed E-state index contributed by atoms with van der Waals surface area (Å²) in [7, 11) is 0. The lowest BCUT2D eigenvalue weighted by Gasteiger charge is -2.48. The van der Waals surface area contributed by atoms with Gasteiger partial charge in [-0.15, -0.1) is 0 Å². The number of fused-ring (bicyclic) bond motifs is 8. The first kappa shape index (κ1) is 39.6. The van der Waals surface area contributed by atoms with Crippen molar-refractivity contribution in [3.63, 3.8) is 0 Å². The molecule has 7 aromatic rings. The molecule has 0 spiro atoms. The van der Waals surface area contributed by atoms with E-state index >= 15 is 0 Å². The maximum absolute atomic E-state index is 7.16. The highest BCUT2D eigenvalue weighted by Gasteiger charge is 2.49. The van der Waals surface area contributed by atoms with Gasteiger partial charge in [-0.2, -0.15) is 0 Å². The molecule has 0 atom stereocenters. The molecule has 0 amide bonds. The summed E-state index contributed by atoms with van der Waals surface area (Å²) in [6.45, 7) is 27.4. The number of hydrogen-bond acceptors (Lipinski definition) is 5. The number of nitrogens with zero attached hydrogens (tertiary/aromatic N) is 3. The Kier molecular flexibility index (Phi) is 8.25. The third kappa shape index (κ3) is 6.15. The van der Waals surface area contributed by atoms with Crippen LogP contribution in [0.1, 0.15) is 105 Å². The molecule has 5 nitrogen and oxygen atoms in total. The van der Waals surface area contributed by atoms with E-state index in [1.54, 1.807) is 0 Å². The van der Waals surface area contributed by atoms with Crippen molar-refractivity contribution in [2.24, 2.45) is 0 Å². The standard InChI is InChI=1S/C57H56BN3O2/c1-54(2,3)36-19-22-43-47(28-36)62-49-30-38(56(7,8)9)26-40-52(49)60(43)45-24-35(34-18-21-42(59-32-34)33-16-14-13-15-17-33)25-46-51(45)58(40)41-27-39(57(10,11)12)31-50-53(41)61(46)44-23-20-37(55(4,5)6)29-48(44)63-50/h13-32H,1-12H3. The second kappa shape index (κ2) is 13.1. The third-order valence-electron chi connectivity index (χ3n) is 13.7. The maximum Gasteiger partial charge on any atom is 0.252 e. The molecule has 1 aromatic heterocycles. The zero-order chi connectivity index (χ0) is 44.1. The summed E-state index contributed by atoms with van der Waals surface area (Å²) in [5, 5.41) is 0. The Morgan fingerprint density at radius 2 is 0.873 bits per heavy atom. The molecule has 0 saturated heterocycles. The van der Waals surface area contributed by atoms with Crippen LogP contribution >= 0.6 is 0 Å². The molecule has 6 heteroatoms. The summed E-state index contributed by atoms with van der Waals surface area (Å²) in [5.74, 6) is 3.53. The summed E-state index contributed by atoms with van der Waals surface area (Å²) in [4.78, 5) is 10.1. The van der Waals surface area contributed by atoms with Crippen molar-refractivity contribution >= 4 is 57.2 Å². The van der Waals surface area contributed by atoms with Crippen LogP contribution in [0.2, 0.25) is 0 Å². The first-order valence-electron chi connectivity index (χ1n) is 22.6. The fourth-order valence-electron chi connectivity index (χ4n) is 9.95. The van der Waals surface area contributed by atoms with Gasteiger partial charge in [-0.1, -0.05) is 144 Å². The fourth-order valence-corrected chi connectivity index (χ4v) is 9.95. The summed E-state index contributed by atoms with van der Waals surface area (Å²) in [5.41, 5.74) is 19.2. The van der Waals surface area contributed by atoms with E-state index in [9.17, 15) is 0 Å². The Bertz CT molecular complexity index is 2890. The van der Waals surface area contributed by atoms with Crippen LogP contribution in [0.15, 0.2) is 121 Å². The monoisotopic (exact) mass is 825 g/mol.